The molecule has 0 spiro atoms. The zero-order valence-electron chi connectivity index (χ0n) is 15.0. The molecule has 1 aromatic carbocycles. The monoisotopic (exact) mass is 323 g/mol. The number of halogens is 1. The van der Waals surface area contributed by atoms with Crippen LogP contribution in [0.5, 0.6) is 0 Å². The molecule has 0 saturated heterocycles. The molecular weight excluding hydrogens is 293 g/mol. The van der Waals surface area contributed by atoms with Crippen molar-refractivity contribution in [3.63, 3.8) is 0 Å². The molecule has 0 saturated carbocycles. The van der Waals surface area contributed by atoms with E-state index in [4.69, 9.17) is 5.11 Å². The number of benzene rings is 1. The van der Waals surface area contributed by atoms with E-state index in [9.17, 15) is 9.18 Å². The van der Waals surface area contributed by atoms with Crippen molar-refractivity contribution in [2.45, 2.75) is 53.4 Å². The third kappa shape index (κ3) is 5.31. The Balaban J connectivity index is 3.09. The third-order valence-corrected chi connectivity index (χ3v) is 4.38. The van der Waals surface area contributed by atoms with Gasteiger partial charge in [-0.25, -0.2) is 4.39 Å². The number of carbonyl (C=O) groups is 1. The second-order valence-corrected chi connectivity index (χ2v) is 7.02. The van der Waals surface area contributed by atoms with Crippen LogP contribution in [0, 0.1) is 11.2 Å². The van der Waals surface area contributed by atoms with E-state index in [1.807, 2.05) is 19.9 Å². The van der Waals surface area contributed by atoms with Crippen LogP contribution in [0.15, 0.2) is 18.2 Å². The van der Waals surface area contributed by atoms with Crippen LogP contribution >= 0.6 is 0 Å². The molecule has 4 heteroatoms. The van der Waals surface area contributed by atoms with Crippen molar-refractivity contribution in [1.82, 2.24) is 4.90 Å². The van der Waals surface area contributed by atoms with Crippen molar-refractivity contribution in [1.29, 1.82) is 0 Å². The van der Waals surface area contributed by atoms with Gasteiger partial charge in [-0.05, 0) is 41.9 Å². The fraction of sp³-hybridized carbons (Fsp3) is 0.632. The summed E-state index contributed by atoms with van der Waals surface area (Å²) in [6.45, 7) is 11.0. The van der Waals surface area contributed by atoms with Gasteiger partial charge in [-0.2, -0.15) is 0 Å². The number of amides is 1. The molecule has 0 aliphatic heterocycles. The maximum atomic E-state index is 13.8. The highest BCUT2D eigenvalue weighted by atomic mass is 19.1. The minimum absolute atomic E-state index is 0.00800. The number of aliphatic hydroxyl groups is 1. The molecule has 1 N–H and O–H groups in total. The second-order valence-electron chi connectivity index (χ2n) is 7.02. The van der Waals surface area contributed by atoms with Crippen molar-refractivity contribution < 1.29 is 14.3 Å². The molecule has 1 rings (SSSR count). The number of hydrogen-bond donors (Lipinski definition) is 1. The van der Waals surface area contributed by atoms with Gasteiger partial charge < -0.3 is 10.0 Å². The highest BCUT2D eigenvalue weighted by Gasteiger charge is 2.30. The minimum Gasteiger partial charge on any atom is -0.395 e. The van der Waals surface area contributed by atoms with Crippen molar-refractivity contribution >= 4 is 5.91 Å². The molecule has 0 aliphatic rings. The summed E-state index contributed by atoms with van der Waals surface area (Å²) in [5.74, 6) is -0.150. The molecule has 23 heavy (non-hydrogen) atoms. The lowest BCUT2D eigenvalue weighted by Gasteiger charge is -2.33. The van der Waals surface area contributed by atoms with E-state index in [0.717, 1.165) is 5.56 Å². The van der Waals surface area contributed by atoms with Crippen LogP contribution in [0.3, 0.4) is 0 Å². The number of rotatable bonds is 7. The second kappa shape index (κ2) is 8.44. The zero-order chi connectivity index (χ0) is 17.6. The fourth-order valence-electron chi connectivity index (χ4n) is 2.89. The lowest BCUT2D eigenvalue weighted by Crippen LogP contribution is -2.36. The van der Waals surface area contributed by atoms with E-state index in [1.54, 1.807) is 11.0 Å². The Bertz CT molecular complexity index is 523. The van der Waals surface area contributed by atoms with E-state index >= 15 is 0 Å². The average molecular weight is 323 g/mol. The van der Waals surface area contributed by atoms with Gasteiger partial charge in [0.2, 0.25) is 5.91 Å². The SMILES string of the molecule is CCc1cc(C(CC(=O)N(CC)CCO)C(C)(C)C)ccc1F. The molecule has 1 atom stereocenters. The van der Waals surface area contributed by atoms with Gasteiger partial charge in [0, 0.05) is 19.5 Å². The summed E-state index contributed by atoms with van der Waals surface area (Å²) in [5.41, 5.74) is 1.58. The Morgan fingerprint density at radius 1 is 1.30 bits per heavy atom. The first kappa shape index (κ1) is 19.6. The van der Waals surface area contributed by atoms with Crippen LogP contribution in [0.25, 0.3) is 0 Å². The number of carbonyl (C=O) groups excluding carboxylic acids is 1. The van der Waals surface area contributed by atoms with Gasteiger partial charge in [-0.3, -0.25) is 4.79 Å². The molecular formula is C19H30FNO2. The summed E-state index contributed by atoms with van der Waals surface area (Å²) in [7, 11) is 0. The molecule has 0 radical (unpaired) electrons. The summed E-state index contributed by atoms with van der Waals surface area (Å²) in [4.78, 5) is 14.2. The smallest absolute Gasteiger partial charge is 0.223 e. The molecule has 1 aromatic rings. The topological polar surface area (TPSA) is 40.5 Å². The molecule has 3 nitrogen and oxygen atoms in total. The zero-order valence-corrected chi connectivity index (χ0v) is 15.0. The first-order chi connectivity index (χ1) is 10.7. The molecule has 0 bridgehead atoms. The van der Waals surface area contributed by atoms with Crippen LogP contribution in [0.4, 0.5) is 4.39 Å². The van der Waals surface area contributed by atoms with Crippen molar-refractivity contribution in [3.8, 4) is 0 Å². The van der Waals surface area contributed by atoms with E-state index in [0.29, 0.717) is 31.5 Å². The lowest BCUT2D eigenvalue weighted by atomic mass is 9.74. The van der Waals surface area contributed by atoms with Crippen LogP contribution in [0.1, 0.15) is 58.1 Å². The van der Waals surface area contributed by atoms with Crippen LogP contribution < -0.4 is 0 Å². The van der Waals surface area contributed by atoms with Gasteiger partial charge in [-0.15, -0.1) is 0 Å². The van der Waals surface area contributed by atoms with Crippen LogP contribution in [0.2, 0.25) is 0 Å². The van der Waals surface area contributed by atoms with Gasteiger partial charge in [0.25, 0.3) is 0 Å². The van der Waals surface area contributed by atoms with Crippen molar-refractivity contribution in [2.75, 3.05) is 19.7 Å². The highest BCUT2D eigenvalue weighted by Crippen LogP contribution is 2.38. The number of likely N-dealkylation sites (N-methyl/N-ethyl adjacent to an activating group) is 1. The quantitative estimate of drug-likeness (QED) is 0.830. The number of aliphatic hydroxyl groups excluding tert-OH is 1. The molecule has 0 aromatic heterocycles. The average Bonchev–Trinajstić information content (AvgIpc) is 2.49. The Morgan fingerprint density at radius 2 is 1.96 bits per heavy atom. The van der Waals surface area contributed by atoms with Crippen LogP contribution in [-0.4, -0.2) is 35.6 Å². The van der Waals surface area contributed by atoms with Gasteiger partial charge in [-0.1, -0.05) is 39.8 Å². The molecule has 1 amide bonds. The Kier molecular flexibility index (Phi) is 7.20. The molecule has 0 aliphatic carbocycles. The normalized spacial score (nSPS) is 13.0. The van der Waals surface area contributed by atoms with Gasteiger partial charge >= 0.3 is 0 Å². The fourth-order valence-corrected chi connectivity index (χ4v) is 2.89. The van der Waals surface area contributed by atoms with Crippen molar-refractivity contribution in [3.05, 3.63) is 35.1 Å². The predicted octanol–water partition coefficient (Wildman–Crippen LogP) is 3.75. The molecule has 130 valence electrons. The van der Waals surface area contributed by atoms with E-state index in [-0.39, 0.29) is 29.7 Å². The summed E-state index contributed by atoms with van der Waals surface area (Å²) >= 11 is 0. The van der Waals surface area contributed by atoms with Crippen LogP contribution in [-0.2, 0) is 11.2 Å². The third-order valence-electron chi connectivity index (χ3n) is 4.38. The summed E-state index contributed by atoms with van der Waals surface area (Å²) in [6.07, 6.45) is 1.00. The maximum Gasteiger partial charge on any atom is 0.223 e. The standard InChI is InChI=1S/C19H30FNO2/c1-6-14-12-15(8-9-17(14)20)16(19(3,4)5)13-18(23)21(7-2)10-11-22/h8-9,12,16,22H,6-7,10-11,13H2,1-5H3. The van der Waals surface area contributed by atoms with E-state index in [1.165, 1.54) is 6.07 Å². The number of hydrogen-bond acceptors (Lipinski definition) is 2. The maximum absolute atomic E-state index is 13.8. The summed E-state index contributed by atoms with van der Waals surface area (Å²) in [5, 5.41) is 9.09. The largest absolute Gasteiger partial charge is 0.395 e. The summed E-state index contributed by atoms with van der Waals surface area (Å²) in [6, 6.07) is 5.18. The Morgan fingerprint density at radius 3 is 2.43 bits per heavy atom. The summed E-state index contributed by atoms with van der Waals surface area (Å²) < 4.78 is 13.8. The number of nitrogens with zero attached hydrogens (tertiary/aromatic N) is 1. The highest BCUT2D eigenvalue weighted by molar-refractivity contribution is 5.77. The molecule has 0 fully saturated rings. The van der Waals surface area contributed by atoms with Gasteiger partial charge in [0.15, 0.2) is 0 Å². The Labute approximate surface area is 139 Å². The molecule has 1 unspecified atom stereocenters. The first-order valence-corrected chi connectivity index (χ1v) is 8.41. The minimum atomic E-state index is -0.189. The predicted molar refractivity (Wildman–Crippen MR) is 91.9 cm³/mol. The van der Waals surface area contributed by atoms with Crippen molar-refractivity contribution in [2.24, 2.45) is 5.41 Å². The first-order valence-electron chi connectivity index (χ1n) is 8.41. The molecule has 0 heterocycles. The van der Waals surface area contributed by atoms with Gasteiger partial charge in [0.1, 0.15) is 5.82 Å². The Hall–Kier alpha value is -1.42. The van der Waals surface area contributed by atoms with Gasteiger partial charge in [0.05, 0.1) is 6.61 Å². The van der Waals surface area contributed by atoms with E-state index in [2.05, 4.69) is 20.8 Å². The van der Waals surface area contributed by atoms with E-state index < -0.39 is 0 Å². The lowest BCUT2D eigenvalue weighted by molar-refractivity contribution is -0.132. The number of aryl methyl sites for hydroxylation is 1.